The molecular weight excluding hydrogens is 512 g/mol. The van der Waals surface area contributed by atoms with Gasteiger partial charge in [0.05, 0.1) is 41.7 Å². The van der Waals surface area contributed by atoms with Crippen LogP contribution in [0.1, 0.15) is 44.9 Å². The Labute approximate surface area is 230 Å². The predicted molar refractivity (Wildman–Crippen MR) is 153 cm³/mol. The summed E-state index contributed by atoms with van der Waals surface area (Å²) >= 11 is 1.30. The summed E-state index contributed by atoms with van der Waals surface area (Å²) in [6, 6.07) is 18.8. The molecule has 0 spiro atoms. The number of fused-ring (bicyclic) bond motifs is 2. The van der Waals surface area contributed by atoms with Crippen LogP contribution >= 0.6 is 11.3 Å². The quantitative estimate of drug-likeness (QED) is 0.300. The fourth-order valence-electron chi connectivity index (χ4n) is 4.88. The van der Waals surface area contributed by atoms with E-state index in [1.165, 1.54) is 11.3 Å². The molecule has 1 atom stereocenters. The van der Waals surface area contributed by atoms with Crippen molar-refractivity contribution in [2.24, 2.45) is 4.99 Å². The van der Waals surface area contributed by atoms with Gasteiger partial charge in [0.1, 0.15) is 0 Å². The molecule has 0 N–H and O–H groups in total. The second kappa shape index (κ2) is 11.3. The van der Waals surface area contributed by atoms with Gasteiger partial charge < -0.3 is 14.2 Å². The lowest BCUT2D eigenvalue weighted by Gasteiger charge is -2.25. The number of ether oxygens (including phenoxy) is 3. The van der Waals surface area contributed by atoms with Crippen molar-refractivity contribution in [3.05, 3.63) is 103 Å². The highest BCUT2D eigenvalue weighted by Crippen LogP contribution is 2.35. The van der Waals surface area contributed by atoms with Gasteiger partial charge in [0.2, 0.25) is 0 Å². The van der Waals surface area contributed by atoms with Crippen LogP contribution in [0.15, 0.2) is 81.7 Å². The maximum absolute atomic E-state index is 14.0. The van der Waals surface area contributed by atoms with E-state index in [1.807, 2.05) is 80.6 Å². The molecule has 0 unspecified atom stereocenters. The highest BCUT2D eigenvalue weighted by atomic mass is 32.1. The Morgan fingerprint density at radius 2 is 1.72 bits per heavy atom. The normalized spacial score (nSPS) is 15.2. The zero-order valence-electron chi connectivity index (χ0n) is 22.4. The van der Waals surface area contributed by atoms with Gasteiger partial charge in [0, 0.05) is 0 Å². The van der Waals surface area contributed by atoms with Gasteiger partial charge in [-0.05, 0) is 67.8 Å². The topological polar surface area (TPSA) is 79.1 Å². The van der Waals surface area contributed by atoms with Crippen molar-refractivity contribution in [3.8, 4) is 11.5 Å². The lowest BCUT2D eigenvalue weighted by molar-refractivity contribution is -0.139. The summed E-state index contributed by atoms with van der Waals surface area (Å²) < 4.78 is 19.0. The van der Waals surface area contributed by atoms with Crippen molar-refractivity contribution in [1.82, 2.24) is 4.57 Å². The highest BCUT2D eigenvalue weighted by molar-refractivity contribution is 7.07. The van der Waals surface area contributed by atoms with Crippen LogP contribution in [0, 0.1) is 0 Å². The number of aromatic nitrogens is 1. The molecule has 0 radical (unpaired) electrons. The van der Waals surface area contributed by atoms with Gasteiger partial charge in [-0.1, -0.05) is 59.9 Å². The van der Waals surface area contributed by atoms with Crippen LogP contribution < -0.4 is 24.4 Å². The first-order chi connectivity index (χ1) is 19.0. The minimum absolute atomic E-state index is 0.224. The molecule has 3 aromatic carbocycles. The number of carbonyl (C=O) groups is 1. The molecular formula is C31H30N2O5S. The van der Waals surface area contributed by atoms with Crippen LogP contribution in [-0.4, -0.2) is 30.4 Å². The lowest BCUT2D eigenvalue weighted by atomic mass is 9.91. The monoisotopic (exact) mass is 542 g/mol. The minimum atomic E-state index is -0.673. The van der Waals surface area contributed by atoms with Gasteiger partial charge in [-0.3, -0.25) is 9.36 Å². The molecule has 39 heavy (non-hydrogen) atoms. The molecule has 0 saturated carbocycles. The molecule has 1 aliphatic heterocycles. The van der Waals surface area contributed by atoms with Crippen LogP contribution in [-0.2, 0) is 9.53 Å². The average Bonchev–Trinajstić information content (AvgIpc) is 3.23. The van der Waals surface area contributed by atoms with Gasteiger partial charge in [-0.15, -0.1) is 0 Å². The van der Waals surface area contributed by atoms with Crippen LogP contribution in [0.4, 0.5) is 0 Å². The van der Waals surface area contributed by atoms with E-state index in [0.717, 1.165) is 21.9 Å². The van der Waals surface area contributed by atoms with E-state index in [9.17, 15) is 9.59 Å². The number of allylic oxidation sites excluding steroid dienone is 1. The molecule has 0 fully saturated rings. The van der Waals surface area contributed by atoms with Crippen LogP contribution in [0.3, 0.4) is 0 Å². The number of benzene rings is 3. The Morgan fingerprint density at radius 1 is 0.974 bits per heavy atom. The predicted octanol–water partition coefficient (Wildman–Crippen LogP) is 4.75. The van der Waals surface area contributed by atoms with Crippen molar-refractivity contribution in [1.29, 1.82) is 0 Å². The molecule has 4 aromatic rings. The number of carbonyl (C=O) groups excluding carboxylic acids is 1. The molecule has 200 valence electrons. The summed E-state index contributed by atoms with van der Waals surface area (Å²) in [7, 11) is 0. The number of nitrogens with zero attached hydrogens (tertiary/aromatic N) is 2. The molecule has 2 heterocycles. The molecule has 1 aliphatic rings. The van der Waals surface area contributed by atoms with Crippen molar-refractivity contribution in [2.75, 3.05) is 19.8 Å². The SMILES string of the molecule is CCOC(=O)C1=C(C)N=c2s/c(=C\c3ccc(OCC)c(OCC)c3)c(=O)n2[C@@H]1c1cccc2ccccc12. The molecule has 0 amide bonds. The number of hydrogen-bond donors (Lipinski definition) is 0. The summed E-state index contributed by atoms with van der Waals surface area (Å²) in [4.78, 5) is 32.5. The maximum Gasteiger partial charge on any atom is 0.338 e. The summed E-state index contributed by atoms with van der Waals surface area (Å²) in [6.45, 7) is 8.63. The Kier molecular flexibility index (Phi) is 7.65. The Bertz CT molecular complexity index is 1760. The smallest absolute Gasteiger partial charge is 0.338 e. The Morgan fingerprint density at radius 3 is 2.49 bits per heavy atom. The second-order valence-electron chi connectivity index (χ2n) is 8.94. The fourth-order valence-corrected chi connectivity index (χ4v) is 5.93. The highest BCUT2D eigenvalue weighted by Gasteiger charge is 2.34. The largest absolute Gasteiger partial charge is 0.490 e. The molecule has 0 saturated heterocycles. The summed E-state index contributed by atoms with van der Waals surface area (Å²) in [5, 5.41) is 1.98. The first kappa shape index (κ1) is 26.4. The van der Waals surface area contributed by atoms with Gasteiger partial charge in [0.15, 0.2) is 16.3 Å². The molecule has 7 nitrogen and oxygen atoms in total. The van der Waals surface area contributed by atoms with Gasteiger partial charge in [-0.2, -0.15) is 0 Å². The molecule has 5 rings (SSSR count). The first-order valence-electron chi connectivity index (χ1n) is 13.0. The second-order valence-corrected chi connectivity index (χ2v) is 9.95. The van der Waals surface area contributed by atoms with E-state index in [2.05, 4.69) is 0 Å². The van der Waals surface area contributed by atoms with Crippen molar-refractivity contribution < 1.29 is 19.0 Å². The number of rotatable bonds is 8. The molecule has 0 bridgehead atoms. The van der Waals surface area contributed by atoms with E-state index in [4.69, 9.17) is 19.2 Å². The molecule has 8 heteroatoms. The first-order valence-corrected chi connectivity index (χ1v) is 13.8. The van der Waals surface area contributed by atoms with Crippen LogP contribution in [0.5, 0.6) is 11.5 Å². The van der Waals surface area contributed by atoms with Crippen molar-refractivity contribution in [3.63, 3.8) is 0 Å². The molecule has 1 aromatic heterocycles. The number of esters is 1. The number of hydrogen-bond acceptors (Lipinski definition) is 7. The Balaban J connectivity index is 1.73. The maximum atomic E-state index is 14.0. The third-order valence-corrected chi connectivity index (χ3v) is 7.48. The van der Waals surface area contributed by atoms with E-state index >= 15 is 0 Å². The standard InChI is InChI=1S/C31H30N2O5S/c1-5-36-24-16-15-20(17-25(24)37-6-2)18-26-29(34)33-28(23-14-10-12-21-11-8-9-13-22(21)23)27(30(35)38-7-3)19(4)32-31(33)39-26/h8-18,28H,5-7H2,1-4H3/b26-18-/t28-/m1/s1. The zero-order chi connectivity index (χ0) is 27.5. The van der Waals surface area contributed by atoms with E-state index < -0.39 is 12.0 Å². The van der Waals surface area contributed by atoms with Gasteiger partial charge in [0.25, 0.3) is 5.56 Å². The van der Waals surface area contributed by atoms with Crippen LogP contribution in [0.2, 0.25) is 0 Å². The van der Waals surface area contributed by atoms with Gasteiger partial charge in [-0.25, -0.2) is 9.79 Å². The minimum Gasteiger partial charge on any atom is -0.490 e. The van der Waals surface area contributed by atoms with Gasteiger partial charge >= 0.3 is 5.97 Å². The van der Waals surface area contributed by atoms with Crippen molar-refractivity contribution >= 4 is 34.2 Å². The third kappa shape index (κ3) is 5.00. The van der Waals surface area contributed by atoms with E-state index in [1.54, 1.807) is 18.4 Å². The number of thiazole rings is 1. The van der Waals surface area contributed by atoms with Crippen LogP contribution in [0.25, 0.3) is 16.8 Å². The molecule has 0 aliphatic carbocycles. The summed E-state index contributed by atoms with van der Waals surface area (Å²) in [6.07, 6.45) is 1.83. The van der Waals surface area contributed by atoms with E-state index in [-0.39, 0.29) is 12.2 Å². The average molecular weight is 543 g/mol. The summed E-state index contributed by atoms with van der Waals surface area (Å²) in [5.74, 6) is 0.803. The van der Waals surface area contributed by atoms with Crippen molar-refractivity contribution in [2.45, 2.75) is 33.7 Å². The lowest BCUT2D eigenvalue weighted by Crippen LogP contribution is -2.40. The summed E-state index contributed by atoms with van der Waals surface area (Å²) in [5.41, 5.74) is 2.33. The van der Waals surface area contributed by atoms with E-state index in [0.29, 0.717) is 45.3 Å². The zero-order valence-corrected chi connectivity index (χ0v) is 23.2. The Hall–Kier alpha value is -4.17. The third-order valence-electron chi connectivity index (χ3n) is 6.50. The fraction of sp³-hybridized carbons (Fsp3) is 0.258.